The Hall–Kier alpha value is -2.96. The number of halogens is 3. The highest BCUT2D eigenvalue weighted by atomic mass is 35.5. The fourth-order valence-corrected chi connectivity index (χ4v) is 4.85. The van der Waals surface area contributed by atoms with E-state index in [2.05, 4.69) is 21.2 Å². The molecule has 0 radical (unpaired) electrons. The van der Waals surface area contributed by atoms with Crippen LogP contribution in [-0.2, 0) is 6.54 Å². The molecule has 3 aromatic carbocycles. The lowest BCUT2D eigenvalue weighted by molar-refractivity contribution is 0.0997. The zero-order valence-corrected chi connectivity index (χ0v) is 21.7. The van der Waals surface area contributed by atoms with Gasteiger partial charge < -0.3 is 14.6 Å². The van der Waals surface area contributed by atoms with Crippen LogP contribution < -0.4 is 10.2 Å². The van der Waals surface area contributed by atoms with Gasteiger partial charge in [-0.25, -0.2) is 0 Å². The minimum Gasteiger partial charge on any atom is -0.451 e. The van der Waals surface area contributed by atoms with Gasteiger partial charge in [-0.2, -0.15) is 0 Å². The van der Waals surface area contributed by atoms with Gasteiger partial charge in [0, 0.05) is 59.7 Å². The Morgan fingerprint density at radius 3 is 2.33 bits per heavy atom. The molecule has 1 aromatic heterocycles. The second-order valence-corrected chi connectivity index (χ2v) is 9.89. The fourth-order valence-electron chi connectivity index (χ4n) is 4.27. The van der Waals surface area contributed by atoms with Gasteiger partial charge in [-0.15, -0.1) is 0 Å². The van der Waals surface area contributed by atoms with Gasteiger partial charge in [-0.05, 0) is 66.2 Å². The maximum atomic E-state index is 12.7. The maximum Gasteiger partial charge on any atom is 0.291 e. The van der Waals surface area contributed by atoms with Crippen molar-refractivity contribution in [2.45, 2.75) is 6.54 Å². The summed E-state index contributed by atoms with van der Waals surface area (Å²) in [5.74, 6) is 0.344. The zero-order chi connectivity index (χ0) is 25.1. The lowest BCUT2D eigenvalue weighted by Crippen LogP contribution is -2.46. The smallest absolute Gasteiger partial charge is 0.291 e. The van der Waals surface area contributed by atoms with E-state index in [1.54, 1.807) is 30.3 Å². The summed E-state index contributed by atoms with van der Waals surface area (Å²) >= 11 is 18.6. The summed E-state index contributed by atoms with van der Waals surface area (Å²) < 4.78 is 5.74. The molecule has 1 saturated heterocycles. The minimum absolute atomic E-state index is 0.194. The lowest BCUT2D eigenvalue weighted by Gasteiger charge is -2.36. The van der Waals surface area contributed by atoms with E-state index in [0.29, 0.717) is 27.1 Å². The molecular formula is C28H24Cl3N3O2. The van der Waals surface area contributed by atoms with Crippen molar-refractivity contribution >= 4 is 52.1 Å². The molecule has 0 spiro atoms. The van der Waals surface area contributed by atoms with Gasteiger partial charge in [0.2, 0.25) is 0 Å². The summed E-state index contributed by atoms with van der Waals surface area (Å²) in [6.45, 7) is 4.63. The number of hydrogen-bond acceptors (Lipinski definition) is 4. The third-order valence-electron chi connectivity index (χ3n) is 6.24. The Bertz CT molecular complexity index is 1360. The molecule has 1 aliphatic rings. The van der Waals surface area contributed by atoms with Crippen molar-refractivity contribution in [3.05, 3.63) is 105 Å². The van der Waals surface area contributed by atoms with Crippen molar-refractivity contribution in [2.75, 3.05) is 36.4 Å². The fraction of sp³-hybridized carbons (Fsp3) is 0.179. The number of carbonyl (C=O) groups excluding carboxylic acids is 1. The van der Waals surface area contributed by atoms with E-state index >= 15 is 0 Å². The van der Waals surface area contributed by atoms with E-state index in [-0.39, 0.29) is 11.7 Å². The van der Waals surface area contributed by atoms with Crippen LogP contribution in [0.2, 0.25) is 15.1 Å². The van der Waals surface area contributed by atoms with Crippen LogP contribution in [0.3, 0.4) is 0 Å². The summed E-state index contributed by atoms with van der Waals surface area (Å²) in [6, 6.07) is 24.3. The van der Waals surface area contributed by atoms with Crippen LogP contribution in [-0.4, -0.2) is 37.0 Å². The van der Waals surface area contributed by atoms with Crippen LogP contribution in [0.1, 0.15) is 16.1 Å². The van der Waals surface area contributed by atoms with Crippen LogP contribution in [0.4, 0.5) is 11.4 Å². The number of hydrogen-bond donors (Lipinski definition) is 1. The van der Waals surface area contributed by atoms with E-state index in [4.69, 9.17) is 39.2 Å². The number of benzene rings is 3. The van der Waals surface area contributed by atoms with Crippen molar-refractivity contribution in [3.8, 4) is 11.3 Å². The molecule has 0 saturated carbocycles. The normalized spacial score (nSPS) is 14.1. The van der Waals surface area contributed by atoms with Crippen LogP contribution in [0.25, 0.3) is 11.3 Å². The number of rotatable bonds is 6. The molecule has 0 unspecified atom stereocenters. The van der Waals surface area contributed by atoms with Gasteiger partial charge in [0.15, 0.2) is 5.76 Å². The predicted molar refractivity (Wildman–Crippen MR) is 148 cm³/mol. The van der Waals surface area contributed by atoms with Gasteiger partial charge in [0.1, 0.15) is 5.76 Å². The average Bonchev–Trinajstić information content (AvgIpc) is 3.38. The van der Waals surface area contributed by atoms with E-state index < -0.39 is 0 Å². The minimum atomic E-state index is -0.333. The molecule has 8 heteroatoms. The first kappa shape index (κ1) is 24.7. The van der Waals surface area contributed by atoms with Crippen LogP contribution in [0.15, 0.2) is 83.3 Å². The van der Waals surface area contributed by atoms with Crippen molar-refractivity contribution in [2.24, 2.45) is 0 Å². The Morgan fingerprint density at radius 2 is 1.58 bits per heavy atom. The first-order valence-corrected chi connectivity index (χ1v) is 12.8. The lowest BCUT2D eigenvalue weighted by atomic mass is 10.2. The molecule has 2 heterocycles. The highest BCUT2D eigenvalue weighted by Crippen LogP contribution is 2.32. The number of furan rings is 1. The molecular weight excluding hydrogens is 517 g/mol. The van der Waals surface area contributed by atoms with Gasteiger partial charge in [-0.1, -0.05) is 53.0 Å². The SMILES string of the molecule is O=C(Nc1ccc(N2CCN(Cc3ccccc3Cl)CC2)cc1)c1ccc(-c2cc(Cl)ccc2Cl)o1. The highest BCUT2D eigenvalue weighted by Gasteiger charge is 2.19. The van der Waals surface area contributed by atoms with Gasteiger partial charge in [0.25, 0.3) is 5.91 Å². The molecule has 1 fully saturated rings. The van der Waals surface area contributed by atoms with E-state index in [9.17, 15) is 4.79 Å². The summed E-state index contributed by atoms with van der Waals surface area (Å²) in [6.07, 6.45) is 0. The topological polar surface area (TPSA) is 48.7 Å². The molecule has 184 valence electrons. The Labute approximate surface area is 225 Å². The third kappa shape index (κ3) is 5.71. The molecule has 0 atom stereocenters. The number of anilines is 2. The Kier molecular flexibility index (Phi) is 7.54. The number of nitrogens with zero attached hydrogens (tertiary/aromatic N) is 2. The largest absolute Gasteiger partial charge is 0.451 e. The summed E-state index contributed by atoms with van der Waals surface area (Å²) in [7, 11) is 0. The average molecular weight is 541 g/mol. The summed E-state index contributed by atoms with van der Waals surface area (Å²) in [4.78, 5) is 17.5. The molecule has 5 rings (SSSR count). The molecule has 5 nitrogen and oxygen atoms in total. The van der Waals surface area contributed by atoms with Gasteiger partial charge >= 0.3 is 0 Å². The van der Waals surface area contributed by atoms with E-state index in [1.807, 2.05) is 42.5 Å². The number of amides is 1. The monoisotopic (exact) mass is 539 g/mol. The summed E-state index contributed by atoms with van der Waals surface area (Å²) in [5.41, 5.74) is 3.62. The number of nitrogens with one attached hydrogen (secondary N) is 1. The molecule has 0 aliphatic carbocycles. The summed E-state index contributed by atoms with van der Waals surface area (Å²) in [5, 5.41) is 4.75. The van der Waals surface area contributed by atoms with Crippen molar-refractivity contribution in [3.63, 3.8) is 0 Å². The zero-order valence-electron chi connectivity index (χ0n) is 19.4. The van der Waals surface area contributed by atoms with Crippen LogP contribution >= 0.6 is 34.8 Å². The van der Waals surface area contributed by atoms with Crippen LogP contribution in [0, 0.1) is 0 Å². The molecule has 4 aromatic rings. The maximum absolute atomic E-state index is 12.7. The second-order valence-electron chi connectivity index (χ2n) is 8.64. The molecule has 36 heavy (non-hydrogen) atoms. The molecule has 1 amide bonds. The molecule has 1 aliphatic heterocycles. The van der Waals surface area contributed by atoms with E-state index in [1.165, 1.54) is 0 Å². The third-order valence-corrected chi connectivity index (χ3v) is 7.17. The van der Waals surface area contributed by atoms with Gasteiger partial charge in [-0.3, -0.25) is 9.69 Å². The first-order chi connectivity index (χ1) is 17.5. The number of carbonyl (C=O) groups is 1. The number of piperazine rings is 1. The quantitative estimate of drug-likeness (QED) is 0.275. The van der Waals surface area contributed by atoms with E-state index in [0.717, 1.165) is 49.0 Å². The second kappa shape index (κ2) is 11.0. The van der Waals surface area contributed by atoms with Crippen molar-refractivity contribution < 1.29 is 9.21 Å². The van der Waals surface area contributed by atoms with Crippen molar-refractivity contribution in [1.82, 2.24) is 4.90 Å². The Morgan fingerprint density at radius 1 is 0.833 bits per heavy atom. The van der Waals surface area contributed by atoms with Gasteiger partial charge in [0.05, 0.1) is 5.02 Å². The standard InChI is InChI=1S/C28H24Cl3N3O2/c29-20-5-10-25(31)23(17-20)26-11-12-27(36-26)28(35)32-21-6-8-22(9-7-21)34-15-13-33(14-16-34)18-19-3-1-2-4-24(19)30/h1-12,17H,13-16,18H2,(H,32,35). The Balaban J connectivity index is 1.17. The molecule has 0 bridgehead atoms. The van der Waals surface area contributed by atoms with Crippen LogP contribution in [0.5, 0.6) is 0 Å². The predicted octanol–water partition coefficient (Wildman–Crippen LogP) is 7.48. The first-order valence-electron chi connectivity index (χ1n) is 11.6. The van der Waals surface area contributed by atoms with Crippen molar-refractivity contribution in [1.29, 1.82) is 0 Å². The molecule has 1 N–H and O–H groups in total. The highest BCUT2D eigenvalue weighted by molar-refractivity contribution is 6.35.